The molecule has 1 saturated heterocycles. The molecule has 0 saturated carbocycles. The van der Waals surface area contributed by atoms with Crippen molar-refractivity contribution in [1.29, 1.82) is 0 Å². The number of nitrogens with one attached hydrogen (secondary N) is 3. The summed E-state index contributed by atoms with van der Waals surface area (Å²) in [6.07, 6.45) is 0.606. The van der Waals surface area contributed by atoms with Crippen molar-refractivity contribution < 1.29 is 18.4 Å². The van der Waals surface area contributed by atoms with Gasteiger partial charge in [0.2, 0.25) is 5.95 Å². The predicted molar refractivity (Wildman–Crippen MR) is 124 cm³/mol. The van der Waals surface area contributed by atoms with E-state index in [1.807, 2.05) is 0 Å². The standard InChI is InChI=1S/C23H23F2N7O2/c24-15-8-9-32(13-15)23(34)30-17-6-3-5-16(10-17)29-22-28-12-18(20(26)33)21(31-22)27-11-14-4-1-2-7-19(14)25/h1-7,10,12,15H,8-9,11,13H2,(H2,26,33)(H,30,34)(H2,27,28,29,31). The molecule has 1 unspecified atom stereocenters. The second-order valence-corrected chi connectivity index (χ2v) is 7.73. The summed E-state index contributed by atoms with van der Waals surface area (Å²) in [6.45, 7) is 0.529. The zero-order valence-electron chi connectivity index (χ0n) is 18.1. The van der Waals surface area contributed by atoms with Gasteiger partial charge in [-0.15, -0.1) is 0 Å². The van der Waals surface area contributed by atoms with E-state index in [1.54, 1.807) is 42.5 Å². The van der Waals surface area contributed by atoms with Crippen LogP contribution < -0.4 is 21.7 Å². The lowest BCUT2D eigenvalue weighted by molar-refractivity contribution is 0.100. The summed E-state index contributed by atoms with van der Waals surface area (Å²) in [5, 5.41) is 8.66. The second kappa shape index (κ2) is 10.1. The molecule has 2 aromatic carbocycles. The lowest BCUT2D eigenvalue weighted by atomic mass is 10.2. The third kappa shape index (κ3) is 5.55. The minimum Gasteiger partial charge on any atom is -0.365 e. The van der Waals surface area contributed by atoms with Gasteiger partial charge in [-0.3, -0.25) is 4.79 Å². The van der Waals surface area contributed by atoms with Crippen molar-refractivity contribution in [3.8, 4) is 0 Å². The first kappa shape index (κ1) is 22.9. The number of halogens is 2. The van der Waals surface area contributed by atoms with Crippen LogP contribution in [0.3, 0.4) is 0 Å². The van der Waals surface area contributed by atoms with Crippen LogP contribution in [0, 0.1) is 5.82 Å². The van der Waals surface area contributed by atoms with Crippen molar-refractivity contribution in [2.45, 2.75) is 19.1 Å². The van der Waals surface area contributed by atoms with Crippen LogP contribution >= 0.6 is 0 Å². The molecule has 0 spiro atoms. The summed E-state index contributed by atoms with van der Waals surface area (Å²) in [5.74, 6) is -0.820. The normalized spacial score (nSPS) is 15.1. The average molecular weight is 467 g/mol. The molecule has 1 aliphatic rings. The van der Waals surface area contributed by atoms with E-state index in [1.165, 1.54) is 17.2 Å². The molecule has 11 heteroatoms. The monoisotopic (exact) mass is 467 g/mol. The van der Waals surface area contributed by atoms with Crippen molar-refractivity contribution in [2.24, 2.45) is 5.73 Å². The molecule has 5 N–H and O–H groups in total. The molecular formula is C23H23F2N7O2. The molecule has 1 aliphatic heterocycles. The molecule has 9 nitrogen and oxygen atoms in total. The Hall–Kier alpha value is -4.28. The number of hydrogen-bond donors (Lipinski definition) is 4. The van der Waals surface area contributed by atoms with Crippen molar-refractivity contribution in [3.63, 3.8) is 0 Å². The fourth-order valence-electron chi connectivity index (χ4n) is 3.49. The van der Waals surface area contributed by atoms with Crippen LogP contribution in [0.1, 0.15) is 22.3 Å². The highest BCUT2D eigenvalue weighted by Crippen LogP contribution is 2.22. The fraction of sp³-hybridized carbons (Fsp3) is 0.217. The number of rotatable bonds is 7. The number of hydrogen-bond acceptors (Lipinski definition) is 6. The van der Waals surface area contributed by atoms with Gasteiger partial charge in [0.1, 0.15) is 17.8 Å². The molecule has 0 bridgehead atoms. The summed E-state index contributed by atoms with van der Waals surface area (Å²) in [4.78, 5) is 33.9. The van der Waals surface area contributed by atoms with E-state index in [4.69, 9.17) is 5.73 Å². The highest BCUT2D eigenvalue weighted by Gasteiger charge is 2.25. The van der Waals surface area contributed by atoms with Gasteiger partial charge in [-0.05, 0) is 30.7 Å². The maximum absolute atomic E-state index is 13.9. The average Bonchev–Trinajstić information content (AvgIpc) is 3.25. The molecule has 4 rings (SSSR count). The molecule has 3 amide bonds. The van der Waals surface area contributed by atoms with Crippen LogP contribution in [0.2, 0.25) is 0 Å². The Morgan fingerprint density at radius 1 is 1.15 bits per heavy atom. The van der Waals surface area contributed by atoms with E-state index in [9.17, 15) is 18.4 Å². The first-order valence-corrected chi connectivity index (χ1v) is 10.6. The van der Waals surface area contributed by atoms with E-state index in [-0.39, 0.29) is 36.5 Å². The molecule has 34 heavy (non-hydrogen) atoms. The number of benzene rings is 2. The Labute approximate surface area is 194 Å². The third-order valence-corrected chi connectivity index (χ3v) is 5.25. The molecule has 1 fully saturated rings. The smallest absolute Gasteiger partial charge is 0.321 e. The van der Waals surface area contributed by atoms with Gasteiger partial charge in [-0.2, -0.15) is 4.98 Å². The van der Waals surface area contributed by atoms with Crippen LogP contribution in [-0.2, 0) is 6.54 Å². The largest absolute Gasteiger partial charge is 0.365 e. The van der Waals surface area contributed by atoms with Gasteiger partial charge in [0.05, 0.1) is 12.1 Å². The molecule has 0 radical (unpaired) electrons. The van der Waals surface area contributed by atoms with Crippen LogP contribution in [0.4, 0.5) is 36.7 Å². The Balaban J connectivity index is 1.47. The zero-order valence-corrected chi connectivity index (χ0v) is 18.1. The number of carbonyl (C=O) groups is 2. The number of alkyl halides is 1. The number of urea groups is 1. The number of nitrogens with zero attached hydrogens (tertiary/aromatic N) is 3. The summed E-state index contributed by atoms with van der Waals surface area (Å²) in [7, 11) is 0. The van der Waals surface area contributed by atoms with Crippen LogP contribution in [0.25, 0.3) is 0 Å². The van der Waals surface area contributed by atoms with Crippen LogP contribution in [0.5, 0.6) is 0 Å². The number of aromatic nitrogens is 2. The highest BCUT2D eigenvalue weighted by molar-refractivity contribution is 5.97. The first-order valence-electron chi connectivity index (χ1n) is 10.6. The quantitative estimate of drug-likeness (QED) is 0.420. The summed E-state index contributed by atoms with van der Waals surface area (Å²) >= 11 is 0. The fourth-order valence-corrected chi connectivity index (χ4v) is 3.49. The molecule has 3 aromatic rings. The first-order chi connectivity index (χ1) is 16.4. The molecule has 176 valence electrons. The summed E-state index contributed by atoms with van der Waals surface area (Å²) in [6, 6.07) is 12.7. The van der Waals surface area contributed by atoms with E-state index in [2.05, 4.69) is 25.9 Å². The lowest BCUT2D eigenvalue weighted by Crippen LogP contribution is -2.33. The Morgan fingerprint density at radius 2 is 1.94 bits per heavy atom. The van der Waals surface area contributed by atoms with Crippen molar-refractivity contribution >= 4 is 35.1 Å². The maximum atomic E-state index is 13.9. The van der Waals surface area contributed by atoms with Gasteiger partial charge in [0.15, 0.2) is 0 Å². The maximum Gasteiger partial charge on any atom is 0.321 e. The van der Waals surface area contributed by atoms with Crippen LogP contribution in [-0.4, -0.2) is 46.1 Å². The zero-order chi connectivity index (χ0) is 24.1. The minimum absolute atomic E-state index is 0.0553. The third-order valence-electron chi connectivity index (χ3n) is 5.25. The molecule has 1 atom stereocenters. The molecular weight excluding hydrogens is 444 g/mol. The van der Waals surface area contributed by atoms with Gasteiger partial charge < -0.3 is 26.6 Å². The SMILES string of the molecule is NC(=O)c1cnc(Nc2cccc(NC(=O)N3CCC(F)C3)c2)nc1NCc1ccccc1F. The van der Waals surface area contributed by atoms with E-state index in [0.29, 0.717) is 29.9 Å². The van der Waals surface area contributed by atoms with Crippen LogP contribution in [0.15, 0.2) is 54.7 Å². The Bertz CT molecular complexity index is 1210. The second-order valence-electron chi connectivity index (χ2n) is 7.73. The molecule has 2 heterocycles. The summed E-state index contributed by atoms with van der Waals surface area (Å²) in [5.41, 5.74) is 6.94. The van der Waals surface area contributed by atoms with E-state index < -0.39 is 17.9 Å². The van der Waals surface area contributed by atoms with Crippen molar-refractivity contribution in [2.75, 3.05) is 29.0 Å². The number of amides is 3. The van der Waals surface area contributed by atoms with Gasteiger partial charge in [0, 0.05) is 36.2 Å². The predicted octanol–water partition coefficient (Wildman–Crippen LogP) is 3.65. The van der Waals surface area contributed by atoms with Gasteiger partial charge >= 0.3 is 6.03 Å². The number of carbonyl (C=O) groups excluding carboxylic acids is 2. The van der Waals surface area contributed by atoms with E-state index in [0.717, 1.165) is 0 Å². The topological polar surface area (TPSA) is 125 Å². The number of primary amides is 1. The van der Waals surface area contributed by atoms with Gasteiger partial charge in [0.25, 0.3) is 5.91 Å². The van der Waals surface area contributed by atoms with Crippen molar-refractivity contribution in [3.05, 3.63) is 71.7 Å². The number of likely N-dealkylation sites (tertiary alicyclic amines) is 1. The van der Waals surface area contributed by atoms with Gasteiger partial charge in [-0.1, -0.05) is 24.3 Å². The van der Waals surface area contributed by atoms with Crippen molar-refractivity contribution in [1.82, 2.24) is 14.9 Å². The lowest BCUT2D eigenvalue weighted by Gasteiger charge is -2.17. The Morgan fingerprint density at radius 3 is 2.68 bits per heavy atom. The molecule has 1 aromatic heterocycles. The van der Waals surface area contributed by atoms with E-state index >= 15 is 0 Å². The number of nitrogens with two attached hydrogens (primary N) is 1. The summed E-state index contributed by atoms with van der Waals surface area (Å²) < 4.78 is 27.3. The van der Waals surface area contributed by atoms with Gasteiger partial charge in [-0.25, -0.2) is 18.6 Å². The molecule has 0 aliphatic carbocycles. The Kier molecular flexibility index (Phi) is 6.81. The highest BCUT2D eigenvalue weighted by atomic mass is 19.1. The minimum atomic E-state index is -1.000. The number of anilines is 4.